The van der Waals surface area contributed by atoms with Crippen LogP contribution in [0.1, 0.15) is 24.8 Å². The fourth-order valence-electron chi connectivity index (χ4n) is 1.93. The molecule has 0 unspecified atom stereocenters. The summed E-state index contributed by atoms with van der Waals surface area (Å²) in [6.45, 7) is 0.151. The summed E-state index contributed by atoms with van der Waals surface area (Å²) < 4.78 is 38.8. The van der Waals surface area contributed by atoms with Gasteiger partial charge in [-0.25, -0.2) is 0 Å². The highest BCUT2D eigenvalue weighted by Crippen LogP contribution is 2.38. The number of benzene rings is 1. The first kappa shape index (κ1) is 13.7. The Hall–Kier alpha value is -0.750. The van der Waals surface area contributed by atoms with Gasteiger partial charge in [-0.3, -0.25) is 0 Å². The summed E-state index contributed by atoms with van der Waals surface area (Å²) in [7, 11) is 0. The Morgan fingerprint density at radius 2 is 2.00 bits per heavy atom. The predicted octanol–water partition coefficient (Wildman–Crippen LogP) is 3.79. The number of nitrogens with one attached hydrogen (secondary N) is 1. The second-order valence-electron chi connectivity index (χ2n) is 4.62. The maximum absolute atomic E-state index is 12.8. The summed E-state index contributed by atoms with van der Waals surface area (Å²) in [6, 6.07) is 3.95. The molecule has 0 aliphatic heterocycles. The van der Waals surface area contributed by atoms with E-state index in [4.69, 9.17) is 0 Å². The highest BCUT2D eigenvalue weighted by atomic mass is 79.9. The van der Waals surface area contributed by atoms with Crippen molar-refractivity contribution in [2.45, 2.75) is 31.0 Å². The number of anilines is 1. The van der Waals surface area contributed by atoms with Crippen LogP contribution in [0.2, 0.25) is 0 Å². The lowest BCUT2D eigenvalue weighted by atomic mass is 9.80. The predicted molar refractivity (Wildman–Crippen MR) is 66.4 cm³/mol. The molecule has 18 heavy (non-hydrogen) atoms. The molecule has 1 saturated carbocycles. The van der Waals surface area contributed by atoms with E-state index in [0.717, 1.165) is 12.5 Å². The van der Waals surface area contributed by atoms with Crippen molar-refractivity contribution in [3.05, 3.63) is 28.2 Å². The molecule has 100 valence electrons. The van der Waals surface area contributed by atoms with E-state index < -0.39 is 17.3 Å². The van der Waals surface area contributed by atoms with Gasteiger partial charge in [0, 0.05) is 16.7 Å². The molecule has 1 fully saturated rings. The van der Waals surface area contributed by atoms with Gasteiger partial charge in [-0.15, -0.1) is 0 Å². The smallest absolute Gasteiger partial charge is 0.388 e. The first-order valence-corrected chi connectivity index (χ1v) is 6.42. The van der Waals surface area contributed by atoms with Crippen molar-refractivity contribution in [2.24, 2.45) is 0 Å². The molecular weight excluding hydrogens is 311 g/mol. The van der Waals surface area contributed by atoms with Gasteiger partial charge in [0.05, 0.1) is 11.2 Å². The van der Waals surface area contributed by atoms with Crippen molar-refractivity contribution >= 4 is 21.6 Å². The van der Waals surface area contributed by atoms with E-state index in [9.17, 15) is 18.3 Å². The Morgan fingerprint density at radius 1 is 1.33 bits per heavy atom. The number of halogens is 4. The third kappa shape index (κ3) is 2.98. The average molecular weight is 324 g/mol. The van der Waals surface area contributed by atoms with Crippen molar-refractivity contribution in [3.8, 4) is 0 Å². The lowest BCUT2D eigenvalue weighted by Gasteiger charge is -2.37. The van der Waals surface area contributed by atoms with E-state index in [1.807, 2.05) is 0 Å². The summed E-state index contributed by atoms with van der Waals surface area (Å²) in [4.78, 5) is 0. The van der Waals surface area contributed by atoms with E-state index in [2.05, 4.69) is 21.2 Å². The maximum atomic E-state index is 12.8. The fourth-order valence-corrected chi connectivity index (χ4v) is 2.29. The molecule has 0 atom stereocenters. The van der Waals surface area contributed by atoms with Crippen LogP contribution in [0.25, 0.3) is 0 Å². The Labute approximate surface area is 111 Å². The Bertz CT molecular complexity index is 443. The number of rotatable bonds is 3. The van der Waals surface area contributed by atoms with Gasteiger partial charge in [0.15, 0.2) is 0 Å². The minimum absolute atomic E-state index is 0.00558. The van der Waals surface area contributed by atoms with Crippen molar-refractivity contribution in [3.63, 3.8) is 0 Å². The second-order valence-corrected chi connectivity index (χ2v) is 5.53. The van der Waals surface area contributed by atoms with Gasteiger partial charge in [0.1, 0.15) is 0 Å². The van der Waals surface area contributed by atoms with Gasteiger partial charge >= 0.3 is 6.18 Å². The Morgan fingerprint density at radius 3 is 2.50 bits per heavy atom. The molecule has 0 heterocycles. The van der Waals surface area contributed by atoms with Crippen LogP contribution >= 0.6 is 15.9 Å². The molecule has 1 aliphatic carbocycles. The number of hydrogen-bond acceptors (Lipinski definition) is 2. The highest BCUT2D eigenvalue weighted by molar-refractivity contribution is 9.10. The van der Waals surface area contributed by atoms with E-state index in [-0.39, 0.29) is 12.2 Å². The first-order chi connectivity index (χ1) is 8.30. The quantitative estimate of drug-likeness (QED) is 0.886. The summed E-state index contributed by atoms with van der Waals surface area (Å²) in [6.07, 6.45) is -2.21. The molecule has 2 rings (SSSR count). The van der Waals surface area contributed by atoms with E-state index in [0.29, 0.717) is 17.3 Å². The van der Waals surface area contributed by atoms with Crippen LogP contribution in [-0.4, -0.2) is 17.3 Å². The fraction of sp³-hybridized carbons (Fsp3) is 0.500. The number of hydrogen-bond donors (Lipinski definition) is 2. The van der Waals surface area contributed by atoms with Crippen molar-refractivity contribution in [2.75, 3.05) is 11.9 Å². The van der Waals surface area contributed by atoms with Crippen molar-refractivity contribution in [1.29, 1.82) is 0 Å². The monoisotopic (exact) mass is 323 g/mol. The van der Waals surface area contributed by atoms with Crippen molar-refractivity contribution in [1.82, 2.24) is 0 Å². The summed E-state index contributed by atoms with van der Waals surface area (Å²) in [5, 5.41) is 12.6. The zero-order valence-electron chi connectivity index (χ0n) is 9.52. The molecule has 2 N–H and O–H groups in total. The van der Waals surface area contributed by atoms with Crippen LogP contribution in [0.4, 0.5) is 18.9 Å². The maximum Gasteiger partial charge on any atom is 0.418 e. The molecule has 0 amide bonds. The van der Waals surface area contributed by atoms with Crippen LogP contribution in [0.5, 0.6) is 0 Å². The molecule has 0 bridgehead atoms. The van der Waals surface area contributed by atoms with E-state index in [1.165, 1.54) is 6.07 Å². The van der Waals surface area contributed by atoms with Crippen LogP contribution in [-0.2, 0) is 6.18 Å². The van der Waals surface area contributed by atoms with Gasteiger partial charge in [0.25, 0.3) is 0 Å². The Balaban J connectivity index is 2.16. The normalized spacial score (nSPS) is 18.3. The SMILES string of the molecule is OC1(CNc2ccc(Br)cc2C(F)(F)F)CCC1. The van der Waals surface area contributed by atoms with Gasteiger partial charge in [0.2, 0.25) is 0 Å². The lowest BCUT2D eigenvalue weighted by Crippen LogP contribution is -2.43. The van der Waals surface area contributed by atoms with Crippen LogP contribution in [0, 0.1) is 0 Å². The summed E-state index contributed by atoms with van der Waals surface area (Å²) in [5.74, 6) is 0. The van der Waals surface area contributed by atoms with E-state index in [1.54, 1.807) is 6.07 Å². The second kappa shape index (κ2) is 4.74. The van der Waals surface area contributed by atoms with Crippen LogP contribution in [0.3, 0.4) is 0 Å². The first-order valence-electron chi connectivity index (χ1n) is 5.63. The molecule has 0 radical (unpaired) electrons. The summed E-state index contributed by atoms with van der Waals surface area (Å²) >= 11 is 3.03. The third-order valence-electron chi connectivity index (χ3n) is 3.18. The standard InChI is InChI=1S/C12H13BrF3NO/c13-8-2-3-10(9(6-8)12(14,15)16)17-7-11(18)4-1-5-11/h2-3,6,17-18H,1,4-5,7H2. The molecule has 0 saturated heterocycles. The Kier molecular flexibility index (Phi) is 3.60. The van der Waals surface area contributed by atoms with Crippen molar-refractivity contribution < 1.29 is 18.3 Å². The average Bonchev–Trinajstić information content (AvgIpc) is 2.23. The lowest BCUT2D eigenvalue weighted by molar-refractivity contribution is -0.137. The third-order valence-corrected chi connectivity index (χ3v) is 3.67. The van der Waals surface area contributed by atoms with Crippen LogP contribution < -0.4 is 5.32 Å². The minimum atomic E-state index is -4.41. The molecule has 0 spiro atoms. The van der Waals surface area contributed by atoms with Crippen LogP contribution in [0.15, 0.2) is 22.7 Å². The van der Waals surface area contributed by atoms with Gasteiger partial charge < -0.3 is 10.4 Å². The highest BCUT2D eigenvalue weighted by Gasteiger charge is 2.36. The largest absolute Gasteiger partial charge is 0.418 e. The molecule has 1 aromatic rings. The van der Waals surface area contributed by atoms with Gasteiger partial charge in [-0.05, 0) is 37.5 Å². The zero-order valence-corrected chi connectivity index (χ0v) is 11.1. The molecular formula is C12H13BrF3NO. The molecule has 1 aliphatic rings. The molecule has 1 aromatic carbocycles. The minimum Gasteiger partial charge on any atom is -0.388 e. The zero-order chi connectivity index (χ0) is 13.4. The van der Waals surface area contributed by atoms with Gasteiger partial charge in [-0.1, -0.05) is 15.9 Å². The molecule has 6 heteroatoms. The van der Waals surface area contributed by atoms with Gasteiger partial charge in [-0.2, -0.15) is 13.2 Å². The van der Waals surface area contributed by atoms with E-state index >= 15 is 0 Å². The summed E-state index contributed by atoms with van der Waals surface area (Å²) in [5.41, 5.74) is -1.57. The number of alkyl halides is 3. The molecule has 2 nitrogen and oxygen atoms in total. The topological polar surface area (TPSA) is 32.3 Å². The molecule has 0 aromatic heterocycles. The number of aliphatic hydroxyl groups is 1.